The van der Waals surface area contributed by atoms with E-state index in [1.807, 2.05) is 24.3 Å². The van der Waals surface area contributed by atoms with Crippen molar-refractivity contribution in [2.24, 2.45) is 4.99 Å². The lowest BCUT2D eigenvalue weighted by atomic mass is 9.96. The number of aryl methyl sites for hydroxylation is 1. The number of hydrogen-bond acceptors (Lipinski definition) is 6. The van der Waals surface area contributed by atoms with Gasteiger partial charge in [0.05, 0.1) is 6.34 Å². The van der Waals surface area contributed by atoms with Crippen molar-refractivity contribution in [1.29, 1.82) is 0 Å². The molecule has 3 aliphatic rings. The molecule has 0 aromatic heterocycles. The van der Waals surface area contributed by atoms with E-state index in [1.54, 1.807) is 42.4 Å². The normalized spacial score (nSPS) is 20.6. The van der Waals surface area contributed by atoms with Crippen molar-refractivity contribution in [1.82, 2.24) is 15.5 Å². The van der Waals surface area contributed by atoms with Gasteiger partial charge in [0.25, 0.3) is 0 Å². The summed E-state index contributed by atoms with van der Waals surface area (Å²) >= 11 is 1.80. The third-order valence-corrected chi connectivity index (χ3v) is 9.42. The van der Waals surface area contributed by atoms with Gasteiger partial charge in [-0.1, -0.05) is 49.0 Å². The first-order chi connectivity index (χ1) is 20.0. The number of likely N-dealkylation sites (tertiary alicyclic amines) is 1. The van der Waals surface area contributed by atoms with Crippen LogP contribution < -0.4 is 15.5 Å². The molecule has 6 rings (SSSR count). The standard InChI is InChI=1S/C33H35F2N5S/c1-22-7-3-4-12-30(22)40(19-24-8-5-10-26(34)17-24)23(2)39-15-13-28(14-16-39)38-33-32-31(36-21-37-33)29(20-41-32)25-9-6-11-27(35)18-25/h3-12,17-18,21,28-29,33,38H,2,13-16,19-20H2,1H3,(H,36,37). The predicted molar refractivity (Wildman–Crippen MR) is 165 cm³/mol. The van der Waals surface area contributed by atoms with Gasteiger partial charge in [0.15, 0.2) is 0 Å². The molecule has 1 saturated heterocycles. The van der Waals surface area contributed by atoms with Crippen LogP contribution in [0.25, 0.3) is 0 Å². The van der Waals surface area contributed by atoms with E-state index in [9.17, 15) is 8.78 Å². The van der Waals surface area contributed by atoms with Gasteiger partial charge in [-0.15, -0.1) is 11.8 Å². The number of nitrogens with zero attached hydrogens (tertiary/aromatic N) is 3. The number of para-hydroxylation sites is 1. The maximum atomic E-state index is 14.0. The minimum Gasteiger partial charge on any atom is -0.358 e. The van der Waals surface area contributed by atoms with E-state index < -0.39 is 0 Å². The maximum Gasteiger partial charge on any atom is 0.135 e. The van der Waals surface area contributed by atoms with Crippen molar-refractivity contribution in [2.45, 2.75) is 44.4 Å². The second-order valence-electron chi connectivity index (χ2n) is 10.9. The number of halogens is 2. The summed E-state index contributed by atoms with van der Waals surface area (Å²) in [5.41, 5.74) is 5.26. The Morgan fingerprint density at radius 3 is 2.56 bits per heavy atom. The Morgan fingerprint density at radius 2 is 1.80 bits per heavy atom. The van der Waals surface area contributed by atoms with Crippen molar-refractivity contribution in [3.05, 3.63) is 124 Å². The molecule has 0 aliphatic carbocycles. The van der Waals surface area contributed by atoms with Gasteiger partial charge >= 0.3 is 0 Å². The lowest BCUT2D eigenvalue weighted by Crippen LogP contribution is -2.48. The zero-order chi connectivity index (χ0) is 28.3. The van der Waals surface area contributed by atoms with Gasteiger partial charge in [0.2, 0.25) is 0 Å². The molecule has 8 heteroatoms. The molecule has 0 spiro atoms. The number of benzene rings is 3. The Labute approximate surface area is 245 Å². The summed E-state index contributed by atoms with van der Waals surface area (Å²) in [5.74, 6) is 1.51. The first-order valence-electron chi connectivity index (χ1n) is 14.1. The fraction of sp³-hybridized carbons (Fsp3) is 0.303. The fourth-order valence-electron chi connectivity index (χ4n) is 5.96. The van der Waals surface area contributed by atoms with Crippen molar-refractivity contribution < 1.29 is 8.78 Å². The molecular weight excluding hydrogens is 536 g/mol. The third kappa shape index (κ3) is 6.04. The molecule has 0 saturated carbocycles. The van der Waals surface area contributed by atoms with Crippen molar-refractivity contribution in [3.63, 3.8) is 0 Å². The molecule has 5 nitrogen and oxygen atoms in total. The lowest BCUT2D eigenvalue weighted by Gasteiger charge is -2.41. The summed E-state index contributed by atoms with van der Waals surface area (Å²) in [6, 6.07) is 22.3. The monoisotopic (exact) mass is 571 g/mol. The van der Waals surface area contributed by atoms with E-state index in [4.69, 9.17) is 4.99 Å². The molecule has 0 radical (unpaired) electrons. The SMILES string of the molecule is C=C(N1CCC(NC2N=CNC3=C2SCC3c2cccc(F)c2)CC1)N(Cc1cccc(F)c1)c1ccccc1C. The van der Waals surface area contributed by atoms with Crippen LogP contribution in [0.15, 0.2) is 101 Å². The molecule has 41 heavy (non-hydrogen) atoms. The minimum atomic E-state index is -0.230. The van der Waals surface area contributed by atoms with Crippen molar-refractivity contribution >= 4 is 23.8 Å². The summed E-state index contributed by atoms with van der Waals surface area (Å²) in [4.78, 5) is 10.5. The van der Waals surface area contributed by atoms with Crippen LogP contribution in [-0.4, -0.2) is 42.3 Å². The molecule has 2 atom stereocenters. The Morgan fingerprint density at radius 1 is 1.05 bits per heavy atom. The highest BCUT2D eigenvalue weighted by Crippen LogP contribution is 2.43. The summed E-state index contributed by atoms with van der Waals surface area (Å²) in [6.45, 7) is 8.88. The van der Waals surface area contributed by atoms with Gasteiger partial charge in [-0.2, -0.15) is 0 Å². The molecule has 2 unspecified atom stereocenters. The van der Waals surface area contributed by atoms with Crippen LogP contribution in [0.4, 0.5) is 14.5 Å². The number of allylic oxidation sites excluding steroid dienone is 1. The highest BCUT2D eigenvalue weighted by Gasteiger charge is 2.35. The molecule has 0 amide bonds. The van der Waals surface area contributed by atoms with E-state index in [2.05, 4.69) is 46.1 Å². The molecule has 3 heterocycles. The van der Waals surface area contributed by atoms with E-state index in [1.165, 1.54) is 17.0 Å². The van der Waals surface area contributed by atoms with Crippen LogP contribution >= 0.6 is 11.8 Å². The predicted octanol–water partition coefficient (Wildman–Crippen LogP) is 6.50. The smallest absolute Gasteiger partial charge is 0.135 e. The highest BCUT2D eigenvalue weighted by atomic mass is 32.2. The number of anilines is 1. The summed E-state index contributed by atoms with van der Waals surface area (Å²) in [5, 5.41) is 7.14. The van der Waals surface area contributed by atoms with E-state index in [-0.39, 0.29) is 23.7 Å². The average molecular weight is 572 g/mol. The van der Waals surface area contributed by atoms with Crippen molar-refractivity contribution in [3.8, 4) is 0 Å². The molecular formula is C33H35F2N5S. The first-order valence-corrected chi connectivity index (χ1v) is 15.1. The van der Waals surface area contributed by atoms with Gasteiger partial charge in [0.1, 0.15) is 23.6 Å². The van der Waals surface area contributed by atoms with Crippen LogP contribution in [0.3, 0.4) is 0 Å². The third-order valence-electron chi connectivity index (χ3n) is 8.16. The largest absolute Gasteiger partial charge is 0.358 e. The molecule has 1 fully saturated rings. The van der Waals surface area contributed by atoms with Crippen LogP contribution in [0.2, 0.25) is 0 Å². The van der Waals surface area contributed by atoms with Gasteiger partial charge in [-0.25, -0.2) is 8.78 Å². The fourth-order valence-corrected chi connectivity index (χ4v) is 7.30. The van der Waals surface area contributed by atoms with Crippen molar-refractivity contribution in [2.75, 3.05) is 23.7 Å². The summed E-state index contributed by atoms with van der Waals surface area (Å²) in [7, 11) is 0. The van der Waals surface area contributed by atoms with Crippen LogP contribution in [0.1, 0.15) is 35.4 Å². The lowest BCUT2D eigenvalue weighted by molar-refractivity contribution is 0.231. The highest BCUT2D eigenvalue weighted by molar-refractivity contribution is 8.03. The Bertz CT molecular complexity index is 1480. The number of rotatable bonds is 8. The van der Waals surface area contributed by atoms with Crippen LogP contribution in [0.5, 0.6) is 0 Å². The second kappa shape index (κ2) is 12.1. The zero-order valence-electron chi connectivity index (χ0n) is 23.2. The number of aliphatic imine (C=N–C) groups is 1. The molecule has 3 aliphatic heterocycles. The summed E-state index contributed by atoms with van der Waals surface area (Å²) < 4.78 is 27.9. The Hall–Kier alpha value is -3.62. The topological polar surface area (TPSA) is 42.9 Å². The summed E-state index contributed by atoms with van der Waals surface area (Å²) in [6.07, 6.45) is 3.60. The Kier molecular flexibility index (Phi) is 8.12. The molecule has 0 bridgehead atoms. The maximum absolute atomic E-state index is 14.0. The van der Waals surface area contributed by atoms with E-state index in [0.29, 0.717) is 12.6 Å². The molecule has 3 aromatic carbocycles. The van der Waals surface area contributed by atoms with E-state index in [0.717, 1.165) is 65.6 Å². The van der Waals surface area contributed by atoms with Gasteiger partial charge in [0, 0.05) is 53.6 Å². The number of nitrogens with one attached hydrogen (secondary N) is 2. The molecule has 2 N–H and O–H groups in total. The molecule has 212 valence electrons. The Balaban J connectivity index is 1.12. The number of hydrogen-bond donors (Lipinski definition) is 2. The quantitative estimate of drug-likeness (QED) is 0.323. The average Bonchev–Trinajstić information content (AvgIpc) is 3.42. The van der Waals surface area contributed by atoms with Crippen LogP contribution in [0, 0.1) is 18.6 Å². The minimum absolute atomic E-state index is 0.0917. The van der Waals surface area contributed by atoms with Gasteiger partial charge in [-0.05, 0) is 66.8 Å². The van der Waals surface area contributed by atoms with Gasteiger partial charge < -0.3 is 15.1 Å². The second-order valence-corrected chi connectivity index (χ2v) is 11.9. The van der Waals surface area contributed by atoms with Gasteiger partial charge in [-0.3, -0.25) is 10.3 Å². The number of piperidine rings is 1. The number of thioether (sulfide) groups is 1. The zero-order valence-corrected chi connectivity index (χ0v) is 24.0. The van der Waals surface area contributed by atoms with E-state index >= 15 is 0 Å². The first kappa shape index (κ1) is 27.5. The van der Waals surface area contributed by atoms with Crippen LogP contribution in [-0.2, 0) is 6.54 Å². The molecule has 3 aromatic rings.